The number of carbonyl (C=O) groups excluding carboxylic acids is 1. The number of carbonyl (C=O) groups is 1. The lowest BCUT2D eigenvalue weighted by atomic mass is 10.1. The van der Waals surface area contributed by atoms with E-state index in [2.05, 4.69) is 29.3 Å². The lowest BCUT2D eigenvalue weighted by molar-refractivity contribution is -0.121. The van der Waals surface area contributed by atoms with E-state index in [0.717, 1.165) is 19.5 Å². The highest BCUT2D eigenvalue weighted by molar-refractivity contribution is 5.75. The van der Waals surface area contributed by atoms with Crippen molar-refractivity contribution in [3.05, 3.63) is 12.2 Å². The predicted octanol–water partition coefficient (Wildman–Crippen LogP) is 5.70. The maximum absolute atomic E-state index is 11.6. The van der Waals surface area contributed by atoms with Crippen LogP contribution in [0, 0.1) is 0 Å². The van der Waals surface area contributed by atoms with Gasteiger partial charge >= 0.3 is 0 Å². The highest BCUT2D eigenvalue weighted by Crippen LogP contribution is 2.09. The van der Waals surface area contributed by atoms with Crippen LogP contribution in [0.3, 0.4) is 0 Å². The summed E-state index contributed by atoms with van der Waals surface area (Å²) in [5.41, 5.74) is 0. The summed E-state index contributed by atoms with van der Waals surface area (Å²) in [6, 6.07) is 0. The van der Waals surface area contributed by atoms with Crippen molar-refractivity contribution in [1.29, 1.82) is 0 Å². The van der Waals surface area contributed by atoms with E-state index in [1.165, 1.54) is 77.0 Å². The molecule has 0 bridgehead atoms. The zero-order valence-corrected chi connectivity index (χ0v) is 17.3. The van der Waals surface area contributed by atoms with Crippen LogP contribution in [0.4, 0.5) is 0 Å². The molecular formula is C22H44N2O. The normalized spacial score (nSPS) is 11.5. The highest BCUT2D eigenvalue weighted by atomic mass is 16.1. The van der Waals surface area contributed by atoms with Crippen molar-refractivity contribution >= 4 is 5.91 Å². The summed E-state index contributed by atoms with van der Waals surface area (Å²) in [5.74, 6) is 0.208. The van der Waals surface area contributed by atoms with Crippen LogP contribution in [0.2, 0.25) is 0 Å². The Labute approximate surface area is 157 Å². The van der Waals surface area contributed by atoms with Gasteiger partial charge in [-0.15, -0.1) is 0 Å². The lowest BCUT2D eigenvalue weighted by Gasteiger charge is -2.10. The molecule has 0 rings (SSSR count). The van der Waals surface area contributed by atoms with E-state index in [9.17, 15) is 4.79 Å². The van der Waals surface area contributed by atoms with E-state index in [1.807, 2.05) is 14.1 Å². The van der Waals surface area contributed by atoms with Crippen molar-refractivity contribution in [3.63, 3.8) is 0 Å². The molecule has 25 heavy (non-hydrogen) atoms. The maximum Gasteiger partial charge on any atom is 0.220 e. The molecule has 1 amide bonds. The summed E-state index contributed by atoms with van der Waals surface area (Å²) in [6.45, 7) is 3.95. The first-order valence-electron chi connectivity index (χ1n) is 10.7. The number of amides is 1. The molecule has 0 aromatic rings. The van der Waals surface area contributed by atoms with Gasteiger partial charge in [-0.1, -0.05) is 70.4 Å². The standard InChI is InChI=1S/C22H44N2O/c1-4-5-6-7-8-9-10-11-12-13-14-15-16-17-18-19-22(25)23-20-21-24(2)3/h11-12H,4-10,13-21H2,1-3H3,(H,23,25)/b12-11-. The number of unbranched alkanes of at least 4 members (excludes halogenated alkanes) is 11. The molecule has 0 atom stereocenters. The second kappa shape index (κ2) is 19.5. The van der Waals surface area contributed by atoms with Crippen LogP contribution in [-0.4, -0.2) is 38.0 Å². The quantitative estimate of drug-likeness (QED) is 0.253. The zero-order valence-electron chi connectivity index (χ0n) is 17.3. The van der Waals surface area contributed by atoms with Gasteiger partial charge in [0.1, 0.15) is 0 Å². The summed E-state index contributed by atoms with van der Waals surface area (Å²) in [7, 11) is 4.05. The Morgan fingerprint density at radius 2 is 1.32 bits per heavy atom. The minimum Gasteiger partial charge on any atom is -0.355 e. The average molecular weight is 353 g/mol. The highest BCUT2D eigenvalue weighted by Gasteiger charge is 2.00. The second-order valence-corrected chi connectivity index (χ2v) is 7.49. The molecule has 0 spiro atoms. The molecule has 0 aliphatic heterocycles. The van der Waals surface area contributed by atoms with Crippen molar-refractivity contribution < 1.29 is 4.79 Å². The Bertz CT molecular complexity index is 313. The molecule has 0 fully saturated rings. The minimum absolute atomic E-state index is 0.208. The molecule has 0 heterocycles. The van der Waals surface area contributed by atoms with Crippen LogP contribution < -0.4 is 5.32 Å². The van der Waals surface area contributed by atoms with Crippen molar-refractivity contribution in [2.24, 2.45) is 0 Å². The van der Waals surface area contributed by atoms with E-state index in [-0.39, 0.29) is 5.91 Å². The minimum atomic E-state index is 0.208. The van der Waals surface area contributed by atoms with E-state index < -0.39 is 0 Å². The second-order valence-electron chi connectivity index (χ2n) is 7.49. The van der Waals surface area contributed by atoms with E-state index in [4.69, 9.17) is 0 Å². The largest absolute Gasteiger partial charge is 0.355 e. The molecule has 0 saturated heterocycles. The summed E-state index contributed by atoms with van der Waals surface area (Å²) >= 11 is 0. The maximum atomic E-state index is 11.6. The number of hydrogen-bond acceptors (Lipinski definition) is 2. The number of nitrogens with one attached hydrogen (secondary N) is 1. The van der Waals surface area contributed by atoms with Crippen LogP contribution in [0.25, 0.3) is 0 Å². The van der Waals surface area contributed by atoms with Crippen molar-refractivity contribution in [1.82, 2.24) is 10.2 Å². The van der Waals surface area contributed by atoms with Gasteiger partial charge in [-0.2, -0.15) is 0 Å². The molecule has 3 heteroatoms. The molecule has 0 radical (unpaired) electrons. The van der Waals surface area contributed by atoms with E-state index >= 15 is 0 Å². The Hall–Kier alpha value is -0.830. The molecule has 0 aliphatic rings. The third kappa shape index (κ3) is 21.1. The number of nitrogens with zero attached hydrogens (tertiary/aromatic N) is 1. The third-order valence-electron chi connectivity index (χ3n) is 4.55. The molecular weight excluding hydrogens is 308 g/mol. The molecule has 0 aliphatic carbocycles. The number of hydrogen-bond donors (Lipinski definition) is 1. The van der Waals surface area contributed by atoms with Gasteiger partial charge in [0.25, 0.3) is 0 Å². The number of allylic oxidation sites excluding steroid dienone is 2. The van der Waals surface area contributed by atoms with Crippen LogP contribution in [0.15, 0.2) is 12.2 Å². The average Bonchev–Trinajstić information content (AvgIpc) is 2.58. The molecule has 3 nitrogen and oxygen atoms in total. The van der Waals surface area contributed by atoms with Crippen molar-refractivity contribution in [2.45, 2.75) is 96.8 Å². The van der Waals surface area contributed by atoms with Gasteiger partial charge in [0.05, 0.1) is 0 Å². The fourth-order valence-electron chi connectivity index (χ4n) is 2.86. The Kier molecular flexibility index (Phi) is 18.8. The Balaban J connectivity index is 3.20. The van der Waals surface area contributed by atoms with Crippen LogP contribution in [0.5, 0.6) is 0 Å². The monoisotopic (exact) mass is 352 g/mol. The predicted molar refractivity (Wildman–Crippen MR) is 111 cm³/mol. The topological polar surface area (TPSA) is 32.3 Å². The van der Waals surface area contributed by atoms with E-state index in [1.54, 1.807) is 0 Å². The fraction of sp³-hybridized carbons (Fsp3) is 0.864. The summed E-state index contributed by atoms with van der Waals surface area (Å²) in [5, 5.41) is 2.97. The van der Waals surface area contributed by atoms with Gasteiger partial charge in [0.15, 0.2) is 0 Å². The summed E-state index contributed by atoms with van der Waals surface area (Å²) < 4.78 is 0. The molecule has 0 aromatic heterocycles. The van der Waals surface area contributed by atoms with Gasteiger partial charge in [-0.25, -0.2) is 0 Å². The van der Waals surface area contributed by atoms with Gasteiger partial charge in [-0.05, 0) is 46.2 Å². The first kappa shape index (κ1) is 24.2. The summed E-state index contributed by atoms with van der Waals surface area (Å²) in [4.78, 5) is 13.7. The Morgan fingerprint density at radius 1 is 0.800 bits per heavy atom. The number of rotatable bonds is 18. The van der Waals surface area contributed by atoms with Crippen LogP contribution >= 0.6 is 0 Å². The molecule has 148 valence electrons. The fourth-order valence-corrected chi connectivity index (χ4v) is 2.86. The first-order chi connectivity index (χ1) is 12.2. The summed E-state index contributed by atoms with van der Waals surface area (Å²) in [6.07, 6.45) is 22.3. The van der Waals surface area contributed by atoms with Gasteiger partial charge < -0.3 is 10.2 Å². The molecule has 0 saturated carbocycles. The van der Waals surface area contributed by atoms with Crippen LogP contribution in [0.1, 0.15) is 96.8 Å². The SMILES string of the molecule is CCCCCCCC/C=C\CCCCCCCC(=O)NCCN(C)C. The smallest absolute Gasteiger partial charge is 0.220 e. The molecule has 0 aromatic carbocycles. The third-order valence-corrected chi connectivity index (χ3v) is 4.55. The molecule has 1 N–H and O–H groups in total. The van der Waals surface area contributed by atoms with Gasteiger partial charge in [0.2, 0.25) is 5.91 Å². The van der Waals surface area contributed by atoms with Crippen molar-refractivity contribution in [2.75, 3.05) is 27.2 Å². The van der Waals surface area contributed by atoms with Crippen LogP contribution in [-0.2, 0) is 4.79 Å². The van der Waals surface area contributed by atoms with Gasteiger partial charge in [0, 0.05) is 19.5 Å². The van der Waals surface area contributed by atoms with Gasteiger partial charge in [-0.3, -0.25) is 4.79 Å². The first-order valence-corrected chi connectivity index (χ1v) is 10.7. The lowest BCUT2D eigenvalue weighted by Crippen LogP contribution is -2.31. The van der Waals surface area contributed by atoms with E-state index in [0.29, 0.717) is 6.42 Å². The zero-order chi connectivity index (χ0) is 18.6. The Morgan fingerprint density at radius 3 is 1.88 bits per heavy atom. The molecule has 0 unspecified atom stereocenters. The van der Waals surface area contributed by atoms with Crippen molar-refractivity contribution in [3.8, 4) is 0 Å². The number of likely N-dealkylation sites (N-methyl/N-ethyl adjacent to an activating group) is 1.